The predicted octanol–water partition coefficient (Wildman–Crippen LogP) is 0.752. The van der Waals surface area contributed by atoms with Gasteiger partial charge >= 0.3 is 5.97 Å². The van der Waals surface area contributed by atoms with Crippen molar-refractivity contribution in [1.29, 1.82) is 0 Å². The first kappa shape index (κ1) is 15.7. The van der Waals surface area contributed by atoms with E-state index in [4.69, 9.17) is 5.11 Å². The number of nitrogens with zero attached hydrogens (tertiary/aromatic N) is 4. The summed E-state index contributed by atoms with van der Waals surface area (Å²) in [5.74, 6) is -1.60. The zero-order valence-corrected chi connectivity index (χ0v) is 12.8. The first-order valence-corrected chi connectivity index (χ1v) is 6.94. The van der Waals surface area contributed by atoms with Crippen LogP contribution in [-0.2, 0) is 13.6 Å². The van der Waals surface area contributed by atoms with Crippen molar-refractivity contribution in [3.05, 3.63) is 34.9 Å². The normalized spacial score (nSPS) is 10.7. The fraction of sp³-hybridized carbons (Fsp3) is 0.429. The highest BCUT2D eigenvalue weighted by Crippen LogP contribution is 2.07. The van der Waals surface area contributed by atoms with Crippen LogP contribution < -0.4 is 5.32 Å². The number of carboxylic acid groups (broad SMARTS) is 1. The van der Waals surface area contributed by atoms with Crippen molar-refractivity contribution in [2.24, 2.45) is 7.05 Å². The molecular weight excluding hydrogens is 286 g/mol. The highest BCUT2D eigenvalue weighted by atomic mass is 16.4. The Morgan fingerprint density at radius 1 is 1.36 bits per heavy atom. The van der Waals surface area contributed by atoms with Crippen molar-refractivity contribution in [1.82, 2.24) is 24.9 Å². The molecular formula is C14H19N5O3. The minimum absolute atomic E-state index is 0.0705. The number of carboxylic acids is 1. The Labute approximate surface area is 127 Å². The first-order valence-electron chi connectivity index (χ1n) is 6.94. The maximum atomic E-state index is 12.0. The number of aromatic nitrogens is 4. The lowest BCUT2D eigenvalue weighted by molar-refractivity contribution is 0.0679. The molecule has 0 aliphatic rings. The molecule has 8 nitrogen and oxygen atoms in total. The van der Waals surface area contributed by atoms with Crippen LogP contribution in [0.2, 0.25) is 0 Å². The van der Waals surface area contributed by atoms with Crippen LogP contribution in [0, 0.1) is 13.8 Å². The van der Waals surface area contributed by atoms with Crippen LogP contribution in [0.1, 0.15) is 38.7 Å². The van der Waals surface area contributed by atoms with E-state index in [9.17, 15) is 9.59 Å². The lowest BCUT2D eigenvalue weighted by Gasteiger charge is -2.06. The molecule has 0 aliphatic carbocycles. The summed E-state index contributed by atoms with van der Waals surface area (Å²) in [5, 5.41) is 19.9. The van der Waals surface area contributed by atoms with Gasteiger partial charge in [-0.05, 0) is 26.3 Å². The molecule has 1 amide bonds. The molecule has 2 aromatic rings. The highest BCUT2D eigenvalue weighted by Gasteiger charge is 2.20. The van der Waals surface area contributed by atoms with E-state index in [1.807, 2.05) is 24.6 Å². The van der Waals surface area contributed by atoms with Crippen molar-refractivity contribution < 1.29 is 14.7 Å². The van der Waals surface area contributed by atoms with Gasteiger partial charge in [-0.2, -0.15) is 10.2 Å². The summed E-state index contributed by atoms with van der Waals surface area (Å²) in [5.41, 5.74) is 1.99. The van der Waals surface area contributed by atoms with Gasteiger partial charge in [-0.1, -0.05) is 0 Å². The van der Waals surface area contributed by atoms with Crippen LogP contribution in [0.15, 0.2) is 12.3 Å². The molecule has 0 saturated heterocycles. The van der Waals surface area contributed by atoms with Crippen LogP contribution >= 0.6 is 0 Å². The van der Waals surface area contributed by atoms with Gasteiger partial charge in [0.1, 0.15) is 0 Å². The third-order valence-corrected chi connectivity index (χ3v) is 3.32. The van der Waals surface area contributed by atoms with Gasteiger partial charge in [0.15, 0.2) is 5.69 Å². The Kier molecular flexibility index (Phi) is 4.59. The molecule has 0 unspecified atom stereocenters. The maximum Gasteiger partial charge on any atom is 0.354 e. The van der Waals surface area contributed by atoms with Crippen molar-refractivity contribution in [3.8, 4) is 0 Å². The van der Waals surface area contributed by atoms with Gasteiger partial charge in [0.05, 0.1) is 17.5 Å². The van der Waals surface area contributed by atoms with Crippen molar-refractivity contribution in [2.45, 2.75) is 26.8 Å². The van der Waals surface area contributed by atoms with Gasteiger partial charge in [-0.25, -0.2) is 4.79 Å². The minimum Gasteiger partial charge on any atom is -0.477 e. The van der Waals surface area contributed by atoms with Crippen molar-refractivity contribution in [2.75, 3.05) is 6.54 Å². The summed E-state index contributed by atoms with van der Waals surface area (Å²) in [6, 6.07) is 1.99. The van der Waals surface area contributed by atoms with Gasteiger partial charge in [0, 0.05) is 25.8 Å². The van der Waals surface area contributed by atoms with E-state index >= 15 is 0 Å². The molecule has 8 heteroatoms. The Hall–Kier alpha value is -2.64. The summed E-state index contributed by atoms with van der Waals surface area (Å²) < 4.78 is 3.06. The number of carbonyl (C=O) groups excluding carboxylic acids is 1. The van der Waals surface area contributed by atoms with E-state index in [2.05, 4.69) is 15.5 Å². The lowest BCUT2D eigenvalue weighted by atomic mass is 10.2. The number of aryl methyl sites for hydroxylation is 4. The number of rotatable bonds is 6. The summed E-state index contributed by atoms with van der Waals surface area (Å²) in [6.45, 7) is 5.04. The zero-order chi connectivity index (χ0) is 16.3. The second-order valence-corrected chi connectivity index (χ2v) is 5.10. The van der Waals surface area contributed by atoms with Crippen LogP contribution in [-0.4, -0.2) is 43.1 Å². The fourth-order valence-electron chi connectivity index (χ4n) is 2.28. The third-order valence-electron chi connectivity index (χ3n) is 3.32. The Balaban J connectivity index is 1.88. The van der Waals surface area contributed by atoms with Crippen molar-refractivity contribution >= 4 is 11.9 Å². The molecule has 0 aliphatic heterocycles. The largest absolute Gasteiger partial charge is 0.477 e. The van der Waals surface area contributed by atoms with Gasteiger partial charge in [-0.15, -0.1) is 0 Å². The molecule has 2 rings (SSSR count). The topological polar surface area (TPSA) is 102 Å². The molecule has 0 atom stereocenters. The fourth-order valence-corrected chi connectivity index (χ4v) is 2.28. The van der Waals surface area contributed by atoms with E-state index in [1.165, 1.54) is 17.9 Å². The quantitative estimate of drug-likeness (QED) is 0.767. The van der Waals surface area contributed by atoms with Crippen LogP contribution in [0.3, 0.4) is 0 Å². The van der Waals surface area contributed by atoms with Crippen LogP contribution in [0.4, 0.5) is 0 Å². The molecule has 0 saturated carbocycles. The molecule has 2 heterocycles. The molecule has 0 aromatic carbocycles. The maximum absolute atomic E-state index is 12.0. The van der Waals surface area contributed by atoms with Crippen LogP contribution in [0.5, 0.6) is 0 Å². The standard InChI is InChI=1S/C14H19N5O3/c1-9-7-10(2)19(17-9)6-4-5-15-13(20)11-8-16-18(3)12(11)14(21)22/h7-8H,4-6H2,1-3H3,(H,15,20)(H,21,22). The average Bonchev–Trinajstić information content (AvgIpc) is 2.97. The van der Waals surface area contributed by atoms with E-state index in [-0.39, 0.29) is 11.3 Å². The Morgan fingerprint density at radius 2 is 2.09 bits per heavy atom. The number of hydrogen-bond acceptors (Lipinski definition) is 4. The van der Waals surface area contributed by atoms with E-state index in [0.717, 1.165) is 11.4 Å². The van der Waals surface area contributed by atoms with Crippen LogP contribution in [0.25, 0.3) is 0 Å². The molecule has 2 N–H and O–H groups in total. The average molecular weight is 305 g/mol. The Morgan fingerprint density at radius 3 is 2.68 bits per heavy atom. The molecule has 0 bridgehead atoms. The Bertz CT molecular complexity index is 701. The SMILES string of the molecule is Cc1cc(C)n(CCCNC(=O)c2cnn(C)c2C(=O)O)n1. The van der Waals surface area contributed by atoms with Crippen molar-refractivity contribution in [3.63, 3.8) is 0 Å². The summed E-state index contributed by atoms with van der Waals surface area (Å²) in [6.07, 6.45) is 1.97. The molecule has 2 aromatic heterocycles. The number of aromatic carboxylic acids is 1. The molecule has 22 heavy (non-hydrogen) atoms. The van der Waals surface area contributed by atoms with E-state index < -0.39 is 11.9 Å². The van der Waals surface area contributed by atoms with E-state index in [1.54, 1.807) is 0 Å². The highest BCUT2D eigenvalue weighted by molar-refractivity contribution is 6.03. The number of hydrogen-bond donors (Lipinski definition) is 2. The summed E-state index contributed by atoms with van der Waals surface area (Å²) in [4.78, 5) is 23.1. The molecule has 118 valence electrons. The predicted molar refractivity (Wildman–Crippen MR) is 78.8 cm³/mol. The van der Waals surface area contributed by atoms with Gasteiger partial charge in [-0.3, -0.25) is 14.2 Å². The second-order valence-electron chi connectivity index (χ2n) is 5.10. The summed E-state index contributed by atoms with van der Waals surface area (Å²) in [7, 11) is 1.49. The third kappa shape index (κ3) is 3.33. The smallest absolute Gasteiger partial charge is 0.354 e. The second kappa shape index (κ2) is 6.42. The number of nitrogens with one attached hydrogen (secondary N) is 1. The zero-order valence-electron chi connectivity index (χ0n) is 12.8. The lowest BCUT2D eigenvalue weighted by Crippen LogP contribution is -2.27. The monoisotopic (exact) mass is 305 g/mol. The van der Waals surface area contributed by atoms with Gasteiger partial charge in [0.25, 0.3) is 5.91 Å². The summed E-state index contributed by atoms with van der Waals surface area (Å²) >= 11 is 0. The van der Waals surface area contributed by atoms with Gasteiger partial charge < -0.3 is 10.4 Å². The number of carbonyl (C=O) groups is 2. The minimum atomic E-state index is -1.17. The molecule has 0 fully saturated rings. The molecule has 0 spiro atoms. The molecule has 0 radical (unpaired) electrons. The number of amides is 1. The van der Waals surface area contributed by atoms with Gasteiger partial charge in [0.2, 0.25) is 0 Å². The first-order chi connectivity index (χ1) is 10.4. The van der Waals surface area contributed by atoms with E-state index in [0.29, 0.717) is 19.5 Å².